The second-order valence-electron chi connectivity index (χ2n) is 13.8. The minimum absolute atomic E-state index is 0.0766. The quantitative estimate of drug-likeness (QED) is 0.183. The number of hydrogen-bond donors (Lipinski definition) is 0. The first-order chi connectivity index (χ1) is 23.4. The molecule has 0 saturated carbocycles. The van der Waals surface area contributed by atoms with E-state index >= 15 is 0 Å². The molecular formula is C46H35NO. The van der Waals surface area contributed by atoms with Crippen LogP contribution < -0.4 is 4.90 Å². The van der Waals surface area contributed by atoms with E-state index in [2.05, 4.69) is 183 Å². The molecule has 0 aliphatic carbocycles. The van der Waals surface area contributed by atoms with Crippen molar-refractivity contribution < 1.29 is 4.42 Å². The fraction of sp³-hybridized carbons (Fsp3) is 0.0870. The summed E-state index contributed by atoms with van der Waals surface area (Å²) in [5.41, 5.74) is 8.84. The molecule has 0 radical (unpaired) electrons. The summed E-state index contributed by atoms with van der Waals surface area (Å²) in [5, 5.41) is 9.73. The maximum Gasteiger partial charge on any atom is 0.136 e. The highest BCUT2D eigenvalue weighted by Crippen LogP contribution is 2.43. The van der Waals surface area contributed by atoms with Crippen molar-refractivity contribution >= 4 is 71.3 Å². The van der Waals surface area contributed by atoms with E-state index in [1.807, 2.05) is 0 Å². The van der Waals surface area contributed by atoms with Crippen LogP contribution in [0.3, 0.4) is 0 Å². The topological polar surface area (TPSA) is 16.4 Å². The molecule has 0 atom stereocenters. The molecular weight excluding hydrogens is 583 g/mol. The summed E-state index contributed by atoms with van der Waals surface area (Å²) in [6.07, 6.45) is 0. The van der Waals surface area contributed by atoms with Crippen molar-refractivity contribution in [3.8, 4) is 11.1 Å². The Balaban J connectivity index is 1.23. The van der Waals surface area contributed by atoms with Crippen LogP contribution in [0.15, 0.2) is 162 Å². The lowest BCUT2D eigenvalue weighted by molar-refractivity contribution is 0.590. The first-order valence-corrected chi connectivity index (χ1v) is 16.7. The van der Waals surface area contributed by atoms with Crippen molar-refractivity contribution in [2.45, 2.75) is 26.2 Å². The summed E-state index contributed by atoms with van der Waals surface area (Å²) >= 11 is 0. The molecule has 0 aliphatic heterocycles. The highest BCUT2D eigenvalue weighted by Gasteiger charge is 2.19. The number of fused-ring (bicyclic) bond motifs is 7. The number of anilines is 3. The Morgan fingerprint density at radius 2 is 1.10 bits per heavy atom. The molecule has 0 amide bonds. The fourth-order valence-corrected chi connectivity index (χ4v) is 7.25. The summed E-state index contributed by atoms with van der Waals surface area (Å²) in [7, 11) is 0. The van der Waals surface area contributed by atoms with E-state index in [1.165, 1.54) is 49.0 Å². The third kappa shape index (κ3) is 4.72. The van der Waals surface area contributed by atoms with E-state index in [0.717, 1.165) is 39.0 Å². The molecule has 0 bridgehead atoms. The van der Waals surface area contributed by atoms with Gasteiger partial charge in [-0.2, -0.15) is 0 Å². The molecule has 0 fully saturated rings. The molecule has 9 aromatic rings. The van der Waals surface area contributed by atoms with Crippen LogP contribution >= 0.6 is 0 Å². The van der Waals surface area contributed by atoms with Crippen LogP contribution in [0.1, 0.15) is 26.3 Å². The first-order valence-electron chi connectivity index (χ1n) is 16.7. The summed E-state index contributed by atoms with van der Waals surface area (Å²) in [4.78, 5) is 2.36. The molecule has 0 unspecified atom stereocenters. The van der Waals surface area contributed by atoms with Crippen molar-refractivity contribution in [3.05, 3.63) is 163 Å². The fourth-order valence-electron chi connectivity index (χ4n) is 7.25. The Morgan fingerprint density at radius 1 is 0.438 bits per heavy atom. The molecule has 9 rings (SSSR count). The molecule has 0 N–H and O–H groups in total. The van der Waals surface area contributed by atoms with E-state index < -0.39 is 0 Å². The summed E-state index contributed by atoms with van der Waals surface area (Å²) in [6.45, 7) is 6.78. The van der Waals surface area contributed by atoms with E-state index in [9.17, 15) is 0 Å². The van der Waals surface area contributed by atoms with Crippen LogP contribution in [0.5, 0.6) is 0 Å². The summed E-state index contributed by atoms with van der Waals surface area (Å²) < 4.78 is 6.50. The largest absolute Gasteiger partial charge is 0.456 e. The van der Waals surface area contributed by atoms with Gasteiger partial charge in [-0.1, -0.05) is 124 Å². The van der Waals surface area contributed by atoms with Gasteiger partial charge >= 0.3 is 0 Å². The second-order valence-corrected chi connectivity index (χ2v) is 13.8. The Morgan fingerprint density at radius 3 is 1.94 bits per heavy atom. The van der Waals surface area contributed by atoms with Gasteiger partial charge in [0.15, 0.2) is 0 Å². The third-order valence-electron chi connectivity index (χ3n) is 9.78. The van der Waals surface area contributed by atoms with Gasteiger partial charge in [-0.3, -0.25) is 0 Å². The molecule has 8 aromatic carbocycles. The van der Waals surface area contributed by atoms with Gasteiger partial charge in [0, 0.05) is 27.8 Å². The molecule has 2 nitrogen and oxygen atoms in total. The van der Waals surface area contributed by atoms with Gasteiger partial charge in [0.25, 0.3) is 0 Å². The van der Waals surface area contributed by atoms with Crippen LogP contribution in [-0.2, 0) is 5.41 Å². The molecule has 0 saturated heterocycles. The van der Waals surface area contributed by atoms with Gasteiger partial charge in [-0.15, -0.1) is 0 Å². The Hall–Kier alpha value is -5.86. The van der Waals surface area contributed by atoms with Crippen molar-refractivity contribution in [1.82, 2.24) is 0 Å². The Labute approximate surface area is 280 Å². The van der Waals surface area contributed by atoms with E-state index in [1.54, 1.807) is 0 Å². The molecule has 0 spiro atoms. The lowest BCUT2D eigenvalue weighted by atomic mass is 9.87. The summed E-state index contributed by atoms with van der Waals surface area (Å²) in [5.74, 6) is 0. The first kappa shape index (κ1) is 28.4. The number of nitrogens with zero attached hydrogens (tertiary/aromatic N) is 1. The smallest absolute Gasteiger partial charge is 0.136 e. The number of rotatable bonds is 4. The zero-order valence-electron chi connectivity index (χ0n) is 27.4. The minimum atomic E-state index is 0.0766. The standard InChI is InChI=1S/C46H35NO/c1-46(2,3)35-19-22-36(23-20-35)47(37-21-17-30-9-4-5-11-32(30)28-37)38-24-26-43-42(29-38)45-41(13-8-14-44(45)48-43)34-18-25-40-33(27-34)16-15-31-10-6-7-12-39(31)40/h4-29H,1-3H3. The maximum absolute atomic E-state index is 6.50. The lowest BCUT2D eigenvalue weighted by Gasteiger charge is -2.27. The third-order valence-corrected chi connectivity index (χ3v) is 9.78. The number of benzene rings is 8. The predicted octanol–water partition coefficient (Wildman–Crippen LogP) is 13.5. The Kier molecular flexibility index (Phi) is 6.42. The number of hydrogen-bond acceptors (Lipinski definition) is 2. The van der Waals surface area contributed by atoms with Crippen LogP contribution in [-0.4, -0.2) is 0 Å². The van der Waals surface area contributed by atoms with Gasteiger partial charge in [0.2, 0.25) is 0 Å². The van der Waals surface area contributed by atoms with Crippen molar-refractivity contribution in [3.63, 3.8) is 0 Å². The molecule has 230 valence electrons. The highest BCUT2D eigenvalue weighted by molar-refractivity contribution is 6.15. The van der Waals surface area contributed by atoms with Gasteiger partial charge in [-0.25, -0.2) is 0 Å². The molecule has 0 aliphatic rings. The molecule has 1 heterocycles. The highest BCUT2D eigenvalue weighted by atomic mass is 16.3. The van der Waals surface area contributed by atoms with Gasteiger partial charge in [-0.05, 0) is 109 Å². The zero-order chi connectivity index (χ0) is 32.4. The van der Waals surface area contributed by atoms with Gasteiger partial charge in [0.05, 0.1) is 0 Å². The van der Waals surface area contributed by atoms with E-state index in [-0.39, 0.29) is 5.41 Å². The second kappa shape index (κ2) is 10.9. The van der Waals surface area contributed by atoms with E-state index in [4.69, 9.17) is 4.42 Å². The van der Waals surface area contributed by atoms with Crippen molar-refractivity contribution in [2.75, 3.05) is 4.90 Å². The van der Waals surface area contributed by atoms with Crippen LogP contribution in [0.2, 0.25) is 0 Å². The molecule has 48 heavy (non-hydrogen) atoms. The normalized spacial score (nSPS) is 12.1. The van der Waals surface area contributed by atoms with Crippen LogP contribution in [0.4, 0.5) is 17.1 Å². The lowest BCUT2D eigenvalue weighted by Crippen LogP contribution is -2.13. The average molecular weight is 618 g/mol. The zero-order valence-corrected chi connectivity index (χ0v) is 27.4. The Bertz CT molecular complexity index is 2650. The van der Waals surface area contributed by atoms with Crippen LogP contribution in [0.25, 0.3) is 65.4 Å². The van der Waals surface area contributed by atoms with Crippen molar-refractivity contribution in [1.29, 1.82) is 0 Å². The summed E-state index contributed by atoms with van der Waals surface area (Å²) in [6, 6.07) is 57.2. The van der Waals surface area contributed by atoms with Gasteiger partial charge < -0.3 is 9.32 Å². The predicted molar refractivity (Wildman–Crippen MR) is 205 cm³/mol. The monoisotopic (exact) mass is 617 g/mol. The number of furan rings is 1. The maximum atomic E-state index is 6.50. The van der Waals surface area contributed by atoms with Crippen molar-refractivity contribution in [2.24, 2.45) is 0 Å². The SMILES string of the molecule is CC(C)(C)c1ccc(N(c2ccc3ccccc3c2)c2ccc3oc4cccc(-c5ccc6c(ccc7ccccc76)c5)c4c3c2)cc1. The average Bonchev–Trinajstić information content (AvgIpc) is 3.49. The molecule has 1 aromatic heterocycles. The van der Waals surface area contributed by atoms with E-state index in [0.29, 0.717) is 0 Å². The molecule has 2 heteroatoms. The van der Waals surface area contributed by atoms with Gasteiger partial charge in [0.1, 0.15) is 11.2 Å². The minimum Gasteiger partial charge on any atom is -0.456 e. The van der Waals surface area contributed by atoms with Crippen LogP contribution in [0, 0.1) is 0 Å².